The minimum absolute atomic E-state index is 0.0104. The summed E-state index contributed by atoms with van der Waals surface area (Å²) in [7, 11) is 1.66. The van der Waals surface area contributed by atoms with Crippen LogP contribution in [0.15, 0.2) is 42.5 Å². The van der Waals surface area contributed by atoms with E-state index in [0.29, 0.717) is 0 Å². The maximum atomic E-state index is 12.2. The Balaban J connectivity index is 1.98. The Morgan fingerprint density at radius 1 is 1.08 bits per heavy atom. The highest BCUT2D eigenvalue weighted by molar-refractivity contribution is 5.78. The first kappa shape index (κ1) is 17.9. The molecule has 0 saturated heterocycles. The van der Waals surface area contributed by atoms with E-state index in [1.807, 2.05) is 57.2 Å². The molecule has 0 aliphatic rings. The summed E-state index contributed by atoms with van der Waals surface area (Å²) in [5.41, 5.74) is 3.14. The summed E-state index contributed by atoms with van der Waals surface area (Å²) in [4.78, 5) is 12.2. The number of rotatable bonds is 7. The summed E-state index contributed by atoms with van der Waals surface area (Å²) in [6, 6.07) is 13.6. The van der Waals surface area contributed by atoms with Crippen molar-refractivity contribution >= 4 is 5.91 Å². The number of benzene rings is 2. The molecule has 4 nitrogen and oxygen atoms in total. The van der Waals surface area contributed by atoms with E-state index in [0.717, 1.165) is 34.6 Å². The van der Waals surface area contributed by atoms with Crippen molar-refractivity contribution in [3.05, 3.63) is 59.2 Å². The van der Waals surface area contributed by atoms with Crippen LogP contribution >= 0.6 is 0 Å². The molecule has 0 unspecified atom stereocenters. The first-order chi connectivity index (χ1) is 11.5. The number of hydrogen-bond donors (Lipinski definition) is 1. The van der Waals surface area contributed by atoms with E-state index in [1.54, 1.807) is 7.11 Å². The highest BCUT2D eigenvalue weighted by atomic mass is 16.5. The molecule has 2 aromatic carbocycles. The fourth-order valence-electron chi connectivity index (χ4n) is 2.64. The van der Waals surface area contributed by atoms with Crippen LogP contribution in [0.25, 0.3) is 0 Å². The van der Waals surface area contributed by atoms with Gasteiger partial charge in [-0.15, -0.1) is 0 Å². The van der Waals surface area contributed by atoms with Crippen molar-refractivity contribution < 1.29 is 14.3 Å². The fourth-order valence-corrected chi connectivity index (χ4v) is 2.64. The lowest BCUT2D eigenvalue weighted by Crippen LogP contribution is -2.32. The molecule has 0 aliphatic carbocycles. The highest BCUT2D eigenvalue weighted by Gasteiger charge is 2.14. The maximum Gasteiger partial charge on any atom is 0.258 e. The van der Waals surface area contributed by atoms with Gasteiger partial charge in [-0.05, 0) is 49.1 Å². The normalized spacial score (nSPS) is 11.7. The number of carbonyl (C=O) groups excluding carboxylic acids is 1. The lowest BCUT2D eigenvalue weighted by molar-refractivity contribution is -0.123. The Kier molecular flexibility index (Phi) is 6.24. The second-order valence-electron chi connectivity index (χ2n) is 5.81. The summed E-state index contributed by atoms with van der Waals surface area (Å²) >= 11 is 0. The minimum atomic E-state index is -0.126. The molecule has 0 radical (unpaired) electrons. The molecule has 2 rings (SSSR count). The molecule has 1 atom stereocenters. The number of aryl methyl sites for hydroxylation is 2. The molecule has 4 heteroatoms. The average molecular weight is 327 g/mol. The summed E-state index contributed by atoms with van der Waals surface area (Å²) in [6.45, 7) is 6.02. The van der Waals surface area contributed by atoms with E-state index < -0.39 is 0 Å². The number of carbonyl (C=O) groups is 1. The van der Waals surface area contributed by atoms with E-state index in [4.69, 9.17) is 9.47 Å². The zero-order chi connectivity index (χ0) is 17.5. The van der Waals surface area contributed by atoms with Crippen molar-refractivity contribution in [2.45, 2.75) is 33.2 Å². The third-order valence-electron chi connectivity index (χ3n) is 4.02. The number of methoxy groups -OCH3 is 1. The number of ether oxygens (including phenoxy) is 2. The van der Waals surface area contributed by atoms with Crippen LogP contribution in [-0.4, -0.2) is 19.6 Å². The smallest absolute Gasteiger partial charge is 0.258 e. The van der Waals surface area contributed by atoms with Gasteiger partial charge >= 0.3 is 0 Å². The van der Waals surface area contributed by atoms with Crippen LogP contribution in [0.3, 0.4) is 0 Å². The van der Waals surface area contributed by atoms with Gasteiger partial charge in [-0.3, -0.25) is 4.79 Å². The predicted molar refractivity (Wildman–Crippen MR) is 95.6 cm³/mol. The Labute approximate surface area is 143 Å². The second-order valence-corrected chi connectivity index (χ2v) is 5.81. The number of nitrogens with one attached hydrogen (secondary N) is 1. The SMILES string of the molecule is CC[C@@H](NC(=O)COc1ccccc1C)c1ccc(OC)c(C)c1. The van der Waals surface area contributed by atoms with E-state index in [2.05, 4.69) is 11.4 Å². The first-order valence-electron chi connectivity index (χ1n) is 8.17. The minimum Gasteiger partial charge on any atom is -0.496 e. The van der Waals surface area contributed by atoms with Crippen LogP contribution < -0.4 is 14.8 Å². The Morgan fingerprint density at radius 3 is 2.46 bits per heavy atom. The van der Waals surface area contributed by atoms with Crippen molar-refractivity contribution in [3.8, 4) is 11.5 Å². The molecule has 0 saturated carbocycles. The second kappa shape index (κ2) is 8.39. The maximum absolute atomic E-state index is 12.2. The first-order valence-corrected chi connectivity index (χ1v) is 8.17. The van der Waals surface area contributed by atoms with Gasteiger partial charge in [0, 0.05) is 0 Å². The molecule has 0 aromatic heterocycles. The molecule has 1 amide bonds. The molecule has 24 heavy (non-hydrogen) atoms. The van der Waals surface area contributed by atoms with E-state index in [9.17, 15) is 4.79 Å². The fraction of sp³-hybridized carbons (Fsp3) is 0.350. The lowest BCUT2D eigenvalue weighted by Gasteiger charge is -2.19. The summed E-state index contributed by atoms with van der Waals surface area (Å²) in [5, 5.41) is 3.03. The average Bonchev–Trinajstić information content (AvgIpc) is 2.59. The molecule has 0 bridgehead atoms. The monoisotopic (exact) mass is 327 g/mol. The van der Waals surface area contributed by atoms with Gasteiger partial charge in [0.15, 0.2) is 6.61 Å². The van der Waals surface area contributed by atoms with Gasteiger partial charge in [-0.2, -0.15) is 0 Å². The summed E-state index contributed by atoms with van der Waals surface area (Å²) in [5.74, 6) is 1.46. The van der Waals surface area contributed by atoms with E-state index >= 15 is 0 Å². The quantitative estimate of drug-likeness (QED) is 0.837. The van der Waals surface area contributed by atoms with Gasteiger partial charge in [0.05, 0.1) is 13.2 Å². The molecule has 1 N–H and O–H groups in total. The lowest BCUT2D eigenvalue weighted by atomic mass is 10.0. The van der Waals surface area contributed by atoms with Gasteiger partial charge < -0.3 is 14.8 Å². The standard InChI is InChI=1S/C20H25NO3/c1-5-17(16-10-11-18(23-4)15(3)12-16)21-20(22)13-24-19-9-7-6-8-14(19)2/h6-12,17H,5,13H2,1-4H3,(H,21,22)/t17-/m1/s1. The number of hydrogen-bond acceptors (Lipinski definition) is 3. The van der Waals surface area contributed by atoms with Crippen LogP contribution in [-0.2, 0) is 4.79 Å². The van der Waals surface area contributed by atoms with Crippen molar-refractivity contribution in [1.29, 1.82) is 0 Å². The molecule has 2 aromatic rings. The molecular formula is C20H25NO3. The number of amides is 1. The molecule has 128 valence electrons. The van der Waals surface area contributed by atoms with Crippen molar-refractivity contribution in [1.82, 2.24) is 5.32 Å². The largest absolute Gasteiger partial charge is 0.496 e. The van der Waals surface area contributed by atoms with Gasteiger partial charge in [-0.1, -0.05) is 37.3 Å². The Morgan fingerprint density at radius 2 is 1.83 bits per heavy atom. The number of para-hydroxylation sites is 1. The van der Waals surface area contributed by atoms with Gasteiger partial charge in [-0.25, -0.2) is 0 Å². The van der Waals surface area contributed by atoms with Crippen LogP contribution in [0.4, 0.5) is 0 Å². The van der Waals surface area contributed by atoms with Crippen molar-refractivity contribution in [2.75, 3.05) is 13.7 Å². The van der Waals surface area contributed by atoms with Gasteiger partial charge in [0.25, 0.3) is 5.91 Å². The topological polar surface area (TPSA) is 47.6 Å². The zero-order valence-electron chi connectivity index (χ0n) is 14.8. The third kappa shape index (κ3) is 4.51. The van der Waals surface area contributed by atoms with Gasteiger partial charge in [0.1, 0.15) is 11.5 Å². The molecule has 0 aliphatic heterocycles. The van der Waals surface area contributed by atoms with Crippen molar-refractivity contribution in [3.63, 3.8) is 0 Å². The van der Waals surface area contributed by atoms with Crippen LogP contribution in [0.1, 0.15) is 36.1 Å². The summed E-state index contributed by atoms with van der Waals surface area (Å²) < 4.78 is 10.9. The Hall–Kier alpha value is -2.49. The highest BCUT2D eigenvalue weighted by Crippen LogP contribution is 2.24. The third-order valence-corrected chi connectivity index (χ3v) is 4.02. The molecular weight excluding hydrogens is 302 g/mol. The summed E-state index contributed by atoms with van der Waals surface area (Å²) in [6.07, 6.45) is 0.807. The van der Waals surface area contributed by atoms with Crippen LogP contribution in [0.5, 0.6) is 11.5 Å². The molecule has 0 spiro atoms. The van der Waals surface area contributed by atoms with E-state index in [-0.39, 0.29) is 18.6 Å². The van der Waals surface area contributed by atoms with Crippen LogP contribution in [0, 0.1) is 13.8 Å². The van der Waals surface area contributed by atoms with Crippen LogP contribution in [0.2, 0.25) is 0 Å². The zero-order valence-corrected chi connectivity index (χ0v) is 14.8. The van der Waals surface area contributed by atoms with E-state index in [1.165, 1.54) is 0 Å². The Bertz CT molecular complexity index is 697. The van der Waals surface area contributed by atoms with Gasteiger partial charge in [0.2, 0.25) is 0 Å². The van der Waals surface area contributed by atoms with Crippen molar-refractivity contribution in [2.24, 2.45) is 0 Å². The molecule has 0 heterocycles. The predicted octanol–water partition coefficient (Wildman–Crippen LogP) is 3.96. The molecule has 0 fully saturated rings.